The zero-order valence-electron chi connectivity index (χ0n) is 9.81. The third kappa shape index (κ3) is 2.78. The Hall–Kier alpha value is -1.64. The van der Waals surface area contributed by atoms with Crippen LogP contribution in [0.2, 0.25) is 0 Å². The van der Waals surface area contributed by atoms with Gasteiger partial charge in [-0.05, 0) is 10.4 Å². The summed E-state index contributed by atoms with van der Waals surface area (Å²) in [5.74, 6) is -0.930. The standard InChI is InChI=1S/C9H13N5O3S/c1-13-9(10-11-12-13)18-3-2-14-5-6(8(16)17)4-7(14)15/h6H,2-5H2,1H3,(H,16,17). The predicted octanol–water partition coefficient (Wildman–Crippen LogP) is -0.765. The lowest BCUT2D eigenvalue weighted by molar-refractivity contribution is -0.141. The molecule has 18 heavy (non-hydrogen) atoms. The molecule has 9 heteroatoms. The van der Waals surface area contributed by atoms with Crippen LogP contribution in [0.4, 0.5) is 0 Å². The van der Waals surface area contributed by atoms with Crippen LogP contribution in [0.3, 0.4) is 0 Å². The van der Waals surface area contributed by atoms with E-state index in [0.717, 1.165) is 0 Å². The molecule has 1 aromatic heterocycles. The number of carbonyl (C=O) groups excluding carboxylic acids is 1. The number of carboxylic acid groups (broad SMARTS) is 1. The van der Waals surface area contributed by atoms with Crippen molar-refractivity contribution >= 4 is 23.6 Å². The van der Waals surface area contributed by atoms with Crippen molar-refractivity contribution < 1.29 is 14.7 Å². The number of hydrogen-bond acceptors (Lipinski definition) is 6. The Morgan fingerprint density at radius 1 is 1.61 bits per heavy atom. The molecule has 0 saturated carbocycles. The molecule has 1 atom stereocenters. The van der Waals surface area contributed by atoms with Crippen molar-refractivity contribution in [2.75, 3.05) is 18.8 Å². The smallest absolute Gasteiger partial charge is 0.308 e. The SMILES string of the molecule is Cn1nnnc1SCCN1CC(C(=O)O)CC1=O. The quantitative estimate of drug-likeness (QED) is 0.702. The van der Waals surface area contributed by atoms with Crippen LogP contribution in [0.15, 0.2) is 5.16 Å². The van der Waals surface area contributed by atoms with Crippen LogP contribution in [-0.2, 0) is 16.6 Å². The van der Waals surface area contributed by atoms with Crippen molar-refractivity contribution in [2.45, 2.75) is 11.6 Å². The van der Waals surface area contributed by atoms with Gasteiger partial charge in [0.1, 0.15) is 0 Å². The lowest BCUT2D eigenvalue weighted by Crippen LogP contribution is -2.28. The van der Waals surface area contributed by atoms with Gasteiger partial charge in [-0.25, -0.2) is 4.68 Å². The lowest BCUT2D eigenvalue weighted by Gasteiger charge is -2.14. The Balaban J connectivity index is 1.79. The number of carbonyl (C=O) groups is 2. The molecule has 1 saturated heterocycles. The van der Waals surface area contributed by atoms with Crippen LogP contribution in [-0.4, -0.2) is 60.9 Å². The topological polar surface area (TPSA) is 101 Å². The molecule has 8 nitrogen and oxygen atoms in total. The van der Waals surface area contributed by atoms with E-state index < -0.39 is 11.9 Å². The molecule has 0 aromatic carbocycles. The number of aromatic nitrogens is 4. The normalized spacial score (nSPS) is 19.5. The number of aliphatic carboxylic acids is 1. The summed E-state index contributed by atoms with van der Waals surface area (Å²) >= 11 is 1.44. The van der Waals surface area contributed by atoms with Crippen LogP contribution in [0.25, 0.3) is 0 Å². The minimum atomic E-state index is -0.906. The van der Waals surface area contributed by atoms with Crippen LogP contribution in [0.1, 0.15) is 6.42 Å². The van der Waals surface area contributed by atoms with Gasteiger partial charge in [-0.2, -0.15) is 0 Å². The minimum absolute atomic E-state index is 0.0981. The van der Waals surface area contributed by atoms with Gasteiger partial charge in [0.15, 0.2) is 0 Å². The molecule has 0 radical (unpaired) electrons. The highest BCUT2D eigenvalue weighted by atomic mass is 32.2. The highest BCUT2D eigenvalue weighted by Crippen LogP contribution is 2.19. The summed E-state index contributed by atoms with van der Waals surface area (Å²) in [7, 11) is 1.74. The van der Waals surface area contributed by atoms with Crippen LogP contribution < -0.4 is 0 Å². The highest BCUT2D eigenvalue weighted by Gasteiger charge is 2.33. The van der Waals surface area contributed by atoms with E-state index in [1.165, 1.54) is 11.8 Å². The second-order valence-electron chi connectivity index (χ2n) is 4.01. The first-order valence-corrected chi connectivity index (χ1v) is 6.42. The highest BCUT2D eigenvalue weighted by molar-refractivity contribution is 7.99. The number of thioether (sulfide) groups is 1. The van der Waals surface area contributed by atoms with Crippen LogP contribution in [0.5, 0.6) is 0 Å². The summed E-state index contributed by atoms with van der Waals surface area (Å²) in [6, 6.07) is 0. The fourth-order valence-corrected chi connectivity index (χ4v) is 2.56. The molecule has 0 bridgehead atoms. The van der Waals surface area contributed by atoms with Gasteiger partial charge in [-0.1, -0.05) is 11.8 Å². The molecular weight excluding hydrogens is 258 g/mol. The molecule has 1 aromatic rings. The number of amides is 1. The second-order valence-corrected chi connectivity index (χ2v) is 5.07. The zero-order valence-corrected chi connectivity index (χ0v) is 10.6. The first-order valence-electron chi connectivity index (χ1n) is 5.43. The van der Waals surface area contributed by atoms with Crippen LogP contribution in [0, 0.1) is 5.92 Å². The van der Waals surface area contributed by atoms with Crippen molar-refractivity contribution in [1.29, 1.82) is 0 Å². The third-order valence-electron chi connectivity index (χ3n) is 2.74. The Bertz CT molecular complexity index is 463. The fraction of sp³-hybridized carbons (Fsp3) is 0.667. The molecule has 1 aliphatic heterocycles. The molecule has 1 N–H and O–H groups in total. The largest absolute Gasteiger partial charge is 0.481 e. The van der Waals surface area contributed by atoms with Gasteiger partial charge in [0.25, 0.3) is 0 Å². The average Bonchev–Trinajstić information content (AvgIpc) is 2.87. The van der Waals surface area contributed by atoms with Gasteiger partial charge < -0.3 is 10.0 Å². The van der Waals surface area contributed by atoms with E-state index in [4.69, 9.17) is 5.11 Å². The number of tetrazole rings is 1. The first kappa shape index (κ1) is 12.8. The van der Waals surface area contributed by atoms with Crippen LogP contribution >= 0.6 is 11.8 Å². The van der Waals surface area contributed by atoms with Gasteiger partial charge in [0.2, 0.25) is 11.1 Å². The van der Waals surface area contributed by atoms with Crippen molar-refractivity contribution in [2.24, 2.45) is 13.0 Å². The van der Waals surface area contributed by atoms with Crippen molar-refractivity contribution in [1.82, 2.24) is 25.1 Å². The molecule has 1 aliphatic rings. The third-order valence-corrected chi connectivity index (χ3v) is 3.73. The van der Waals surface area contributed by atoms with E-state index in [-0.39, 0.29) is 12.3 Å². The average molecular weight is 271 g/mol. The molecule has 98 valence electrons. The summed E-state index contributed by atoms with van der Waals surface area (Å²) in [5, 5.41) is 20.5. The molecular formula is C9H13N5O3S. The number of carboxylic acids is 1. The number of hydrogen-bond donors (Lipinski definition) is 1. The second kappa shape index (κ2) is 5.34. The Morgan fingerprint density at radius 2 is 2.39 bits per heavy atom. The summed E-state index contributed by atoms with van der Waals surface area (Å²) in [6.45, 7) is 0.811. The maximum absolute atomic E-state index is 11.6. The Morgan fingerprint density at radius 3 is 2.94 bits per heavy atom. The fourth-order valence-electron chi connectivity index (χ4n) is 1.74. The van der Waals surface area contributed by atoms with E-state index in [2.05, 4.69) is 15.5 Å². The molecule has 0 spiro atoms. The summed E-state index contributed by atoms with van der Waals surface area (Å²) < 4.78 is 1.55. The molecule has 2 heterocycles. The van der Waals surface area contributed by atoms with E-state index >= 15 is 0 Å². The zero-order chi connectivity index (χ0) is 13.1. The van der Waals surface area contributed by atoms with Gasteiger partial charge in [-0.3, -0.25) is 9.59 Å². The first-order chi connectivity index (χ1) is 8.58. The number of rotatable bonds is 5. The molecule has 2 rings (SSSR count). The van der Waals surface area contributed by atoms with Gasteiger partial charge in [0.05, 0.1) is 5.92 Å². The van der Waals surface area contributed by atoms with Crippen molar-refractivity contribution in [3.63, 3.8) is 0 Å². The van der Waals surface area contributed by atoms with Crippen molar-refractivity contribution in [3.8, 4) is 0 Å². The molecule has 1 amide bonds. The van der Waals surface area contributed by atoms with E-state index in [1.807, 2.05) is 0 Å². The van der Waals surface area contributed by atoms with Crippen molar-refractivity contribution in [3.05, 3.63) is 0 Å². The van der Waals surface area contributed by atoms with E-state index in [0.29, 0.717) is 24.0 Å². The van der Waals surface area contributed by atoms with Gasteiger partial charge in [-0.15, -0.1) is 5.10 Å². The number of aryl methyl sites for hydroxylation is 1. The van der Waals surface area contributed by atoms with Gasteiger partial charge >= 0.3 is 5.97 Å². The predicted molar refractivity (Wildman–Crippen MR) is 61.8 cm³/mol. The summed E-state index contributed by atoms with van der Waals surface area (Å²) in [5.41, 5.74) is 0. The Labute approximate surface area is 107 Å². The molecule has 1 unspecified atom stereocenters. The number of nitrogens with zero attached hydrogens (tertiary/aromatic N) is 5. The summed E-state index contributed by atoms with van der Waals surface area (Å²) in [6.07, 6.45) is 0.103. The molecule has 0 aliphatic carbocycles. The number of likely N-dealkylation sites (tertiary alicyclic amines) is 1. The molecule has 1 fully saturated rings. The van der Waals surface area contributed by atoms with Gasteiger partial charge in [0, 0.05) is 32.3 Å². The monoisotopic (exact) mass is 271 g/mol. The Kier molecular flexibility index (Phi) is 3.80. The maximum Gasteiger partial charge on any atom is 0.308 e. The lowest BCUT2D eigenvalue weighted by atomic mass is 10.1. The maximum atomic E-state index is 11.6. The minimum Gasteiger partial charge on any atom is -0.481 e. The van der Waals surface area contributed by atoms with E-state index in [9.17, 15) is 9.59 Å². The van der Waals surface area contributed by atoms with E-state index in [1.54, 1.807) is 16.6 Å². The summed E-state index contributed by atoms with van der Waals surface area (Å²) in [4.78, 5) is 23.9.